The van der Waals surface area contributed by atoms with Crippen LogP contribution in [0, 0.1) is 18.8 Å². The molecular weight excluding hydrogens is 234 g/mol. The molecule has 2 rings (SSSR count). The molecule has 0 bridgehead atoms. The van der Waals surface area contributed by atoms with Crippen molar-refractivity contribution in [2.75, 3.05) is 0 Å². The van der Waals surface area contributed by atoms with E-state index in [2.05, 4.69) is 19.2 Å². The van der Waals surface area contributed by atoms with Crippen LogP contribution in [-0.4, -0.2) is 23.0 Å². The summed E-state index contributed by atoms with van der Waals surface area (Å²) in [5, 5.41) is 11.7. The van der Waals surface area contributed by atoms with E-state index in [4.69, 9.17) is 9.52 Å². The normalized spacial score (nSPS) is 25.8. The fraction of sp³-hybridized carbons (Fsp3) is 0.538. The zero-order chi connectivity index (χ0) is 13.4. The highest BCUT2D eigenvalue weighted by molar-refractivity contribution is 5.97. The fourth-order valence-corrected chi connectivity index (χ4v) is 2.22. The number of carbonyl (C=O) groups excluding carboxylic acids is 1. The second-order valence-corrected chi connectivity index (χ2v) is 5.00. The van der Waals surface area contributed by atoms with Crippen molar-refractivity contribution in [3.05, 3.63) is 23.2 Å². The molecular formula is C13H17NO4. The number of aryl methyl sites for hydroxylation is 1. The van der Waals surface area contributed by atoms with Crippen molar-refractivity contribution < 1.29 is 19.1 Å². The maximum absolute atomic E-state index is 12.1. The van der Waals surface area contributed by atoms with Crippen molar-refractivity contribution in [2.24, 2.45) is 11.8 Å². The average molecular weight is 251 g/mol. The van der Waals surface area contributed by atoms with Crippen molar-refractivity contribution in [1.82, 2.24) is 5.32 Å². The summed E-state index contributed by atoms with van der Waals surface area (Å²) in [4.78, 5) is 22.8. The highest BCUT2D eigenvalue weighted by atomic mass is 16.4. The van der Waals surface area contributed by atoms with Crippen LogP contribution in [-0.2, 0) is 11.2 Å². The van der Waals surface area contributed by atoms with Gasteiger partial charge in [0.25, 0.3) is 5.91 Å². The van der Waals surface area contributed by atoms with E-state index in [1.54, 1.807) is 6.92 Å². The van der Waals surface area contributed by atoms with Gasteiger partial charge in [-0.3, -0.25) is 9.59 Å². The van der Waals surface area contributed by atoms with Gasteiger partial charge in [-0.15, -0.1) is 0 Å². The van der Waals surface area contributed by atoms with Crippen LogP contribution in [0.25, 0.3) is 0 Å². The lowest BCUT2D eigenvalue weighted by molar-refractivity contribution is -0.136. The number of amides is 1. The second-order valence-electron chi connectivity index (χ2n) is 5.00. The summed E-state index contributed by atoms with van der Waals surface area (Å²) in [6, 6.07) is 0.185. The summed E-state index contributed by atoms with van der Waals surface area (Å²) in [6.45, 7) is 5.90. The summed E-state index contributed by atoms with van der Waals surface area (Å²) in [7, 11) is 0. The van der Waals surface area contributed by atoms with Crippen molar-refractivity contribution in [3.8, 4) is 0 Å². The highest BCUT2D eigenvalue weighted by Gasteiger charge is 2.44. The van der Waals surface area contributed by atoms with Gasteiger partial charge in [-0.1, -0.05) is 13.8 Å². The molecule has 1 aromatic rings. The maximum atomic E-state index is 12.1. The first kappa shape index (κ1) is 12.7. The van der Waals surface area contributed by atoms with Crippen molar-refractivity contribution >= 4 is 11.9 Å². The lowest BCUT2D eigenvalue weighted by Gasteiger charge is -2.05. The highest BCUT2D eigenvalue weighted by Crippen LogP contribution is 2.38. The first-order valence-corrected chi connectivity index (χ1v) is 6.01. The fourth-order valence-electron chi connectivity index (χ4n) is 2.22. The molecule has 1 heterocycles. The Bertz CT molecular complexity index is 483. The van der Waals surface area contributed by atoms with Crippen LogP contribution in [0.5, 0.6) is 0 Å². The summed E-state index contributed by atoms with van der Waals surface area (Å²) in [5.74, 6) is -0.0723. The van der Waals surface area contributed by atoms with E-state index >= 15 is 0 Å². The van der Waals surface area contributed by atoms with Crippen LogP contribution in [0.1, 0.15) is 35.5 Å². The molecule has 5 nitrogen and oxygen atoms in total. The van der Waals surface area contributed by atoms with Crippen LogP contribution in [0.3, 0.4) is 0 Å². The Morgan fingerprint density at radius 3 is 2.50 bits per heavy atom. The van der Waals surface area contributed by atoms with E-state index in [1.165, 1.54) is 6.26 Å². The topological polar surface area (TPSA) is 79.5 Å². The van der Waals surface area contributed by atoms with E-state index in [-0.39, 0.29) is 24.1 Å². The van der Waals surface area contributed by atoms with Crippen LogP contribution < -0.4 is 5.32 Å². The molecule has 0 saturated heterocycles. The zero-order valence-electron chi connectivity index (χ0n) is 10.7. The van der Waals surface area contributed by atoms with Gasteiger partial charge in [0.05, 0.1) is 11.8 Å². The minimum atomic E-state index is -1.01. The standard InChI is InChI=1S/C13H17NO4/c1-6-5-18-9(4-10(15)16)11(6)13(17)14-12-7(2)8(12)3/h5,7-8,12H,4H2,1-3H3,(H,14,17)(H,15,16)/t7-,8-/m1/s1. The van der Waals surface area contributed by atoms with Crippen LogP contribution >= 0.6 is 0 Å². The Morgan fingerprint density at radius 1 is 1.39 bits per heavy atom. The SMILES string of the molecule is Cc1coc(CC(=O)O)c1C(=O)NC1[C@H](C)[C@H]1C. The summed E-state index contributed by atoms with van der Waals surface area (Å²) in [5.41, 5.74) is 1.04. The Labute approximate surface area is 105 Å². The van der Waals surface area contributed by atoms with Gasteiger partial charge in [0.15, 0.2) is 0 Å². The van der Waals surface area contributed by atoms with Crippen LogP contribution in [0.2, 0.25) is 0 Å². The summed E-state index contributed by atoms with van der Waals surface area (Å²) >= 11 is 0. The Balaban J connectivity index is 2.14. The molecule has 0 aromatic carbocycles. The number of hydrogen-bond acceptors (Lipinski definition) is 3. The van der Waals surface area contributed by atoms with Crippen molar-refractivity contribution in [2.45, 2.75) is 33.2 Å². The van der Waals surface area contributed by atoms with Gasteiger partial charge in [-0.25, -0.2) is 0 Å². The largest absolute Gasteiger partial charge is 0.481 e. The van der Waals surface area contributed by atoms with Gasteiger partial charge < -0.3 is 14.8 Å². The van der Waals surface area contributed by atoms with Crippen LogP contribution in [0.15, 0.2) is 10.7 Å². The predicted molar refractivity (Wildman–Crippen MR) is 64.4 cm³/mol. The van der Waals surface area contributed by atoms with Crippen molar-refractivity contribution in [3.63, 3.8) is 0 Å². The van der Waals surface area contributed by atoms with E-state index in [1.807, 2.05) is 0 Å². The summed E-state index contributed by atoms with van der Waals surface area (Å²) < 4.78 is 5.14. The third kappa shape index (κ3) is 2.25. The molecule has 5 heteroatoms. The second kappa shape index (κ2) is 4.48. The molecule has 1 amide bonds. The van der Waals surface area contributed by atoms with Gasteiger partial charge in [0.2, 0.25) is 0 Å². The minimum absolute atomic E-state index is 0.185. The minimum Gasteiger partial charge on any atom is -0.481 e. The van der Waals surface area contributed by atoms with E-state index in [9.17, 15) is 9.59 Å². The van der Waals surface area contributed by atoms with Crippen LogP contribution in [0.4, 0.5) is 0 Å². The molecule has 0 aliphatic heterocycles. The number of carboxylic acids is 1. The molecule has 1 aliphatic rings. The molecule has 2 N–H and O–H groups in total. The Morgan fingerprint density at radius 2 is 2.00 bits per heavy atom. The van der Waals surface area contributed by atoms with Gasteiger partial charge in [0, 0.05) is 11.6 Å². The molecule has 1 saturated carbocycles. The average Bonchev–Trinajstić information content (AvgIpc) is 2.71. The van der Waals surface area contributed by atoms with E-state index < -0.39 is 5.97 Å². The van der Waals surface area contributed by atoms with E-state index in [0.717, 1.165) is 0 Å². The summed E-state index contributed by atoms with van der Waals surface area (Å²) in [6.07, 6.45) is 1.15. The van der Waals surface area contributed by atoms with Gasteiger partial charge in [-0.05, 0) is 18.8 Å². The molecule has 18 heavy (non-hydrogen) atoms. The number of aliphatic carboxylic acids is 1. The Kier molecular flexibility index (Phi) is 3.15. The third-order valence-corrected chi connectivity index (χ3v) is 3.71. The number of nitrogens with one attached hydrogen (secondary N) is 1. The molecule has 1 aromatic heterocycles. The molecule has 0 radical (unpaired) electrons. The van der Waals surface area contributed by atoms with Crippen molar-refractivity contribution in [1.29, 1.82) is 0 Å². The van der Waals surface area contributed by atoms with Gasteiger partial charge >= 0.3 is 5.97 Å². The molecule has 1 fully saturated rings. The lowest BCUT2D eigenvalue weighted by Crippen LogP contribution is -2.28. The van der Waals surface area contributed by atoms with Gasteiger partial charge in [0.1, 0.15) is 12.2 Å². The third-order valence-electron chi connectivity index (χ3n) is 3.71. The monoisotopic (exact) mass is 251 g/mol. The zero-order valence-corrected chi connectivity index (χ0v) is 10.7. The first-order valence-electron chi connectivity index (χ1n) is 6.01. The maximum Gasteiger partial charge on any atom is 0.311 e. The van der Waals surface area contributed by atoms with Gasteiger partial charge in [-0.2, -0.15) is 0 Å². The number of carbonyl (C=O) groups is 2. The number of carboxylic acid groups (broad SMARTS) is 1. The molecule has 0 unspecified atom stereocenters. The lowest BCUT2D eigenvalue weighted by atomic mass is 10.1. The molecule has 1 aliphatic carbocycles. The quantitative estimate of drug-likeness (QED) is 0.851. The molecule has 2 atom stereocenters. The predicted octanol–water partition coefficient (Wildman–Crippen LogP) is 1.60. The smallest absolute Gasteiger partial charge is 0.311 e. The van der Waals surface area contributed by atoms with E-state index in [0.29, 0.717) is 23.0 Å². The molecule has 0 spiro atoms. The number of rotatable bonds is 4. The Hall–Kier alpha value is -1.78. The molecule has 98 valence electrons. The first-order chi connectivity index (χ1) is 8.41. The number of hydrogen-bond donors (Lipinski definition) is 2. The number of furan rings is 1.